The van der Waals surface area contributed by atoms with Crippen LogP contribution in [0.25, 0.3) is 0 Å². The van der Waals surface area contributed by atoms with E-state index in [-0.39, 0.29) is 0 Å². The second-order valence-electron chi connectivity index (χ2n) is 4.97. The Hall–Kier alpha value is -1.26. The summed E-state index contributed by atoms with van der Waals surface area (Å²) in [6.07, 6.45) is 0.899. The van der Waals surface area contributed by atoms with Crippen molar-refractivity contribution in [3.8, 4) is 11.5 Å². The van der Waals surface area contributed by atoms with Crippen molar-refractivity contribution in [1.82, 2.24) is 5.32 Å². The molecule has 1 unspecified atom stereocenters. The fraction of sp³-hybridized carbons (Fsp3) is 0.600. The third-order valence-electron chi connectivity index (χ3n) is 3.09. The Bertz CT molecular complexity index is 395. The van der Waals surface area contributed by atoms with Crippen LogP contribution in [0.4, 0.5) is 0 Å². The maximum Gasteiger partial charge on any atom is 0.161 e. The van der Waals surface area contributed by atoms with Crippen LogP contribution in [0.5, 0.6) is 11.5 Å². The number of fused-ring (bicyclic) bond motifs is 1. The van der Waals surface area contributed by atoms with Gasteiger partial charge in [-0.15, -0.1) is 0 Å². The minimum atomic E-state index is 0.431. The molecule has 19 heavy (non-hydrogen) atoms. The molecule has 0 radical (unpaired) electrons. The van der Waals surface area contributed by atoms with Crippen molar-refractivity contribution in [2.45, 2.75) is 13.3 Å². The van der Waals surface area contributed by atoms with Crippen LogP contribution < -0.4 is 14.8 Å². The summed E-state index contributed by atoms with van der Waals surface area (Å²) in [5.74, 6) is 2.14. The number of rotatable bonds is 6. The number of hydrogen-bond donors (Lipinski definition) is 1. The summed E-state index contributed by atoms with van der Waals surface area (Å²) in [5.41, 5.74) is 1.22. The first-order chi connectivity index (χ1) is 9.29. The lowest BCUT2D eigenvalue weighted by molar-refractivity contribution is 0.140. The van der Waals surface area contributed by atoms with Crippen LogP contribution in [0.3, 0.4) is 0 Å². The fourth-order valence-corrected chi connectivity index (χ4v) is 1.92. The molecule has 0 spiro atoms. The Balaban J connectivity index is 1.86. The molecular formula is C15H23NO3. The van der Waals surface area contributed by atoms with E-state index in [9.17, 15) is 0 Å². The largest absolute Gasteiger partial charge is 0.489 e. The summed E-state index contributed by atoms with van der Waals surface area (Å²) in [6, 6.07) is 6.14. The molecule has 1 N–H and O–H groups in total. The van der Waals surface area contributed by atoms with Gasteiger partial charge in [0.1, 0.15) is 0 Å². The van der Waals surface area contributed by atoms with Gasteiger partial charge in [0, 0.05) is 12.5 Å². The zero-order chi connectivity index (χ0) is 13.5. The van der Waals surface area contributed by atoms with Crippen molar-refractivity contribution < 1.29 is 14.2 Å². The van der Waals surface area contributed by atoms with E-state index in [4.69, 9.17) is 14.2 Å². The summed E-state index contributed by atoms with van der Waals surface area (Å²) in [5, 5.41) is 3.06. The zero-order valence-electron chi connectivity index (χ0n) is 11.8. The molecule has 0 aliphatic carbocycles. The zero-order valence-corrected chi connectivity index (χ0v) is 11.8. The van der Waals surface area contributed by atoms with Crippen LogP contribution in [0.2, 0.25) is 0 Å². The smallest absolute Gasteiger partial charge is 0.161 e. The lowest BCUT2D eigenvalue weighted by Crippen LogP contribution is -2.15. The van der Waals surface area contributed by atoms with E-state index in [1.165, 1.54) is 5.56 Å². The van der Waals surface area contributed by atoms with Gasteiger partial charge in [-0.1, -0.05) is 13.0 Å². The first kappa shape index (κ1) is 14.2. The van der Waals surface area contributed by atoms with E-state index in [1.807, 2.05) is 13.1 Å². The molecule has 1 aromatic carbocycles. The summed E-state index contributed by atoms with van der Waals surface area (Å²) in [7, 11) is 1.92. The molecule has 1 atom stereocenters. The van der Waals surface area contributed by atoms with Crippen LogP contribution in [-0.4, -0.2) is 40.0 Å². The van der Waals surface area contributed by atoms with Gasteiger partial charge in [0.2, 0.25) is 0 Å². The second kappa shape index (κ2) is 7.36. The average molecular weight is 265 g/mol. The average Bonchev–Trinajstić information content (AvgIpc) is 2.61. The van der Waals surface area contributed by atoms with Crippen LogP contribution in [-0.2, 0) is 11.2 Å². The van der Waals surface area contributed by atoms with Gasteiger partial charge in [-0.2, -0.15) is 0 Å². The van der Waals surface area contributed by atoms with E-state index in [1.54, 1.807) is 0 Å². The maximum atomic E-state index is 5.77. The fourth-order valence-electron chi connectivity index (χ4n) is 1.92. The van der Waals surface area contributed by atoms with Gasteiger partial charge in [0.05, 0.1) is 26.4 Å². The minimum Gasteiger partial charge on any atom is -0.489 e. The summed E-state index contributed by atoms with van der Waals surface area (Å²) in [4.78, 5) is 0. The molecule has 0 aromatic heterocycles. The van der Waals surface area contributed by atoms with Gasteiger partial charge < -0.3 is 19.5 Å². The molecule has 2 rings (SSSR count). The molecule has 0 saturated heterocycles. The molecule has 0 saturated carbocycles. The van der Waals surface area contributed by atoms with Crippen molar-refractivity contribution in [2.24, 2.45) is 5.92 Å². The van der Waals surface area contributed by atoms with E-state index in [0.29, 0.717) is 5.92 Å². The van der Waals surface area contributed by atoms with Crippen molar-refractivity contribution >= 4 is 0 Å². The predicted molar refractivity (Wildman–Crippen MR) is 75.0 cm³/mol. The molecular weight excluding hydrogens is 242 g/mol. The van der Waals surface area contributed by atoms with E-state index >= 15 is 0 Å². The summed E-state index contributed by atoms with van der Waals surface area (Å²) < 4.78 is 17.0. The van der Waals surface area contributed by atoms with E-state index in [0.717, 1.165) is 50.9 Å². The third kappa shape index (κ3) is 4.40. The van der Waals surface area contributed by atoms with Crippen LogP contribution in [0.1, 0.15) is 12.5 Å². The normalized spacial score (nSPS) is 18.1. The quantitative estimate of drug-likeness (QED) is 0.797. The summed E-state index contributed by atoms with van der Waals surface area (Å²) >= 11 is 0. The van der Waals surface area contributed by atoms with E-state index in [2.05, 4.69) is 24.4 Å². The van der Waals surface area contributed by atoms with Gasteiger partial charge in [0.25, 0.3) is 0 Å². The molecule has 4 heteroatoms. The van der Waals surface area contributed by atoms with Gasteiger partial charge >= 0.3 is 0 Å². The SMILES string of the molecule is CNCCOCCc1ccc2c(c1)OCC(C)CO2. The molecule has 0 amide bonds. The number of likely N-dealkylation sites (N-methyl/N-ethyl adjacent to an activating group) is 1. The Morgan fingerprint density at radius 2 is 2.00 bits per heavy atom. The Labute approximate surface area is 115 Å². The molecule has 1 aromatic rings. The predicted octanol–water partition coefficient (Wildman–Crippen LogP) is 1.87. The van der Waals surface area contributed by atoms with Crippen LogP contribution in [0.15, 0.2) is 18.2 Å². The Kier molecular flexibility index (Phi) is 5.48. The lowest BCUT2D eigenvalue weighted by Gasteiger charge is -2.09. The first-order valence-electron chi connectivity index (χ1n) is 6.90. The Morgan fingerprint density at radius 3 is 2.79 bits per heavy atom. The highest BCUT2D eigenvalue weighted by molar-refractivity contribution is 5.43. The van der Waals surface area contributed by atoms with Crippen molar-refractivity contribution in [1.29, 1.82) is 0 Å². The molecule has 1 heterocycles. The highest BCUT2D eigenvalue weighted by atomic mass is 16.5. The van der Waals surface area contributed by atoms with Gasteiger partial charge in [-0.25, -0.2) is 0 Å². The van der Waals surface area contributed by atoms with Crippen molar-refractivity contribution in [3.63, 3.8) is 0 Å². The molecule has 106 valence electrons. The third-order valence-corrected chi connectivity index (χ3v) is 3.09. The summed E-state index contributed by atoms with van der Waals surface area (Å²) in [6.45, 7) is 5.94. The maximum absolute atomic E-state index is 5.77. The highest BCUT2D eigenvalue weighted by Crippen LogP contribution is 2.31. The van der Waals surface area contributed by atoms with Crippen LogP contribution in [0, 0.1) is 5.92 Å². The molecule has 1 aliphatic heterocycles. The topological polar surface area (TPSA) is 39.7 Å². The first-order valence-corrected chi connectivity index (χ1v) is 6.90. The monoisotopic (exact) mass is 265 g/mol. The number of hydrogen-bond acceptors (Lipinski definition) is 4. The number of nitrogens with one attached hydrogen (secondary N) is 1. The number of ether oxygens (including phenoxy) is 3. The minimum absolute atomic E-state index is 0.431. The van der Waals surface area contributed by atoms with Crippen LogP contribution >= 0.6 is 0 Å². The standard InChI is InChI=1S/C15H23NO3/c1-12-10-18-14-4-3-13(9-15(14)19-11-12)5-7-17-8-6-16-2/h3-4,9,12,16H,5-8,10-11H2,1-2H3. The molecule has 0 bridgehead atoms. The van der Waals surface area contributed by atoms with Gasteiger partial charge in [0.15, 0.2) is 11.5 Å². The van der Waals surface area contributed by atoms with E-state index < -0.39 is 0 Å². The second-order valence-corrected chi connectivity index (χ2v) is 4.97. The number of benzene rings is 1. The highest BCUT2D eigenvalue weighted by Gasteiger charge is 2.14. The van der Waals surface area contributed by atoms with Crippen molar-refractivity contribution in [3.05, 3.63) is 23.8 Å². The van der Waals surface area contributed by atoms with Gasteiger partial charge in [-0.3, -0.25) is 0 Å². The molecule has 1 aliphatic rings. The van der Waals surface area contributed by atoms with Crippen molar-refractivity contribution in [2.75, 3.05) is 40.0 Å². The van der Waals surface area contributed by atoms with Gasteiger partial charge in [-0.05, 0) is 31.2 Å². The molecule has 4 nitrogen and oxygen atoms in total. The Morgan fingerprint density at radius 1 is 1.21 bits per heavy atom. The lowest BCUT2D eigenvalue weighted by atomic mass is 10.1. The molecule has 0 fully saturated rings.